The van der Waals surface area contributed by atoms with E-state index >= 15 is 0 Å². The zero-order valence-corrected chi connectivity index (χ0v) is 14.9. The van der Waals surface area contributed by atoms with E-state index in [1.807, 2.05) is 44.2 Å². The van der Waals surface area contributed by atoms with Gasteiger partial charge in [-0.2, -0.15) is 0 Å². The molecule has 0 bridgehead atoms. The van der Waals surface area contributed by atoms with Crippen molar-refractivity contribution >= 4 is 25.8 Å². The van der Waals surface area contributed by atoms with E-state index in [-0.39, 0.29) is 23.7 Å². The van der Waals surface area contributed by atoms with Crippen LogP contribution in [-0.4, -0.2) is 38.3 Å². The Kier molecular flexibility index (Phi) is 5.57. The van der Waals surface area contributed by atoms with E-state index in [0.717, 1.165) is 5.56 Å². The fourth-order valence-electron chi connectivity index (χ4n) is 2.73. The van der Waals surface area contributed by atoms with E-state index in [9.17, 15) is 13.2 Å². The van der Waals surface area contributed by atoms with E-state index in [2.05, 4.69) is 0 Å². The molecule has 1 saturated heterocycles. The van der Waals surface area contributed by atoms with Gasteiger partial charge in [0, 0.05) is 23.8 Å². The molecule has 5 nitrogen and oxygen atoms in total. The molecule has 1 aromatic rings. The Bertz CT molecular complexity index is 645. The summed E-state index contributed by atoms with van der Waals surface area (Å²) in [4.78, 5) is 13.8. The van der Waals surface area contributed by atoms with Crippen LogP contribution in [0.5, 0.6) is 0 Å². The minimum Gasteiger partial charge on any atom is -0.445 e. The molecular formula is C16H22ClNO4S. The lowest BCUT2D eigenvalue weighted by Crippen LogP contribution is -2.49. The summed E-state index contributed by atoms with van der Waals surface area (Å²) in [5.41, 5.74) is 0.733. The Hall–Kier alpha value is -1.27. The molecule has 1 heterocycles. The average Bonchev–Trinajstić information content (AvgIpc) is 2.46. The number of benzene rings is 1. The molecule has 1 aromatic carbocycles. The summed E-state index contributed by atoms with van der Waals surface area (Å²) in [6.07, 6.45) is 0.297. The van der Waals surface area contributed by atoms with Crippen LogP contribution in [0.1, 0.15) is 25.8 Å². The molecule has 2 rings (SSSR count). The standard InChI is InChI=1S/C16H22ClNO4S/c1-16(2)8-9-18(10-14(16)12-23(17,20)21)15(19)22-11-13-6-4-3-5-7-13/h3-7,14H,8-12H2,1-2H3. The van der Waals surface area contributed by atoms with Gasteiger partial charge in [-0.1, -0.05) is 44.2 Å². The van der Waals surface area contributed by atoms with E-state index in [1.165, 1.54) is 0 Å². The number of ether oxygens (including phenoxy) is 1. The maximum absolute atomic E-state index is 12.2. The van der Waals surface area contributed by atoms with Gasteiger partial charge in [-0.25, -0.2) is 13.2 Å². The first kappa shape index (κ1) is 18.1. The maximum Gasteiger partial charge on any atom is 0.410 e. The maximum atomic E-state index is 12.2. The quantitative estimate of drug-likeness (QED) is 0.774. The second-order valence-electron chi connectivity index (χ2n) is 6.63. The van der Waals surface area contributed by atoms with Crippen molar-refractivity contribution in [2.45, 2.75) is 26.9 Å². The number of amides is 1. The highest BCUT2D eigenvalue weighted by molar-refractivity contribution is 8.13. The molecule has 0 aliphatic carbocycles. The first-order valence-electron chi connectivity index (χ1n) is 7.55. The molecule has 0 aromatic heterocycles. The molecule has 23 heavy (non-hydrogen) atoms. The van der Waals surface area contributed by atoms with Crippen molar-refractivity contribution in [3.8, 4) is 0 Å². The number of carbonyl (C=O) groups excluding carboxylic acids is 1. The number of nitrogens with zero attached hydrogens (tertiary/aromatic N) is 1. The van der Waals surface area contributed by atoms with Gasteiger partial charge in [-0.15, -0.1) is 0 Å². The number of piperidine rings is 1. The summed E-state index contributed by atoms with van der Waals surface area (Å²) < 4.78 is 28.1. The lowest BCUT2D eigenvalue weighted by atomic mass is 9.74. The Morgan fingerprint density at radius 1 is 1.35 bits per heavy atom. The van der Waals surface area contributed by atoms with Gasteiger partial charge in [0.2, 0.25) is 9.05 Å². The Morgan fingerprint density at radius 3 is 2.61 bits per heavy atom. The first-order valence-corrected chi connectivity index (χ1v) is 10.0. The third kappa shape index (κ3) is 5.39. The normalized spacial score (nSPS) is 21.0. The van der Waals surface area contributed by atoms with Crippen LogP contribution in [-0.2, 0) is 20.4 Å². The van der Waals surface area contributed by atoms with Crippen molar-refractivity contribution in [1.82, 2.24) is 4.90 Å². The monoisotopic (exact) mass is 359 g/mol. The summed E-state index contributed by atoms with van der Waals surface area (Å²) >= 11 is 0. The number of hydrogen-bond acceptors (Lipinski definition) is 4. The number of hydrogen-bond donors (Lipinski definition) is 0. The molecule has 0 radical (unpaired) electrons. The summed E-state index contributed by atoms with van der Waals surface area (Å²) in [6, 6.07) is 9.43. The molecule has 0 spiro atoms. The van der Waals surface area contributed by atoms with Gasteiger partial charge in [0.15, 0.2) is 0 Å². The Morgan fingerprint density at radius 2 is 2.00 bits per heavy atom. The van der Waals surface area contributed by atoms with Gasteiger partial charge in [-0.3, -0.25) is 0 Å². The van der Waals surface area contributed by atoms with E-state index in [1.54, 1.807) is 4.90 Å². The molecular weight excluding hydrogens is 338 g/mol. The number of rotatable bonds is 4. The van der Waals surface area contributed by atoms with Crippen molar-refractivity contribution in [2.75, 3.05) is 18.8 Å². The van der Waals surface area contributed by atoms with Gasteiger partial charge < -0.3 is 9.64 Å². The van der Waals surface area contributed by atoms with Crippen LogP contribution in [0.3, 0.4) is 0 Å². The van der Waals surface area contributed by atoms with E-state index < -0.39 is 15.1 Å². The predicted molar refractivity (Wildman–Crippen MR) is 89.7 cm³/mol. The van der Waals surface area contributed by atoms with E-state index in [4.69, 9.17) is 15.4 Å². The molecule has 7 heteroatoms. The lowest BCUT2D eigenvalue weighted by Gasteiger charge is -2.43. The molecule has 1 unspecified atom stereocenters. The third-order valence-electron chi connectivity index (χ3n) is 4.44. The molecule has 0 saturated carbocycles. The molecule has 1 amide bonds. The average molecular weight is 360 g/mol. The summed E-state index contributed by atoms with van der Waals surface area (Å²) in [5, 5.41) is 0. The first-order chi connectivity index (χ1) is 10.7. The van der Waals surface area contributed by atoms with Crippen molar-refractivity contribution in [2.24, 2.45) is 11.3 Å². The highest BCUT2D eigenvalue weighted by Crippen LogP contribution is 2.37. The second-order valence-corrected chi connectivity index (χ2v) is 9.45. The second kappa shape index (κ2) is 7.09. The third-order valence-corrected chi connectivity index (χ3v) is 5.61. The number of carbonyl (C=O) groups is 1. The zero-order chi connectivity index (χ0) is 17.1. The molecule has 0 N–H and O–H groups in total. The van der Waals surface area contributed by atoms with Gasteiger partial charge in [-0.05, 0) is 23.3 Å². The predicted octanol–water partition coefficient (Wildman–Crippen LogP) is 3.24. The van der Waals surface area contributed by atoms with Crippen LogP contribution in [0.25, 0.3) is 0 Å². The van der Waals surface area contributed by atoms with Gasteiger partial charge in [0.05, 0.1) is 5.75 Å². The van der Waals surface area contributed by atoms with Crippen LogP contribution in [0, 0.1) is 11.3 Å². The minimum absolute atomic E-state index is 0.135. The van der Waals surface area contributed by atoms with Gasteiger partial charge >= 0.3 is 6.09 Å². The smallest absolute Gasteiger partial charge is 0.410 e. The zero-order valence-electron chi connectivity index (χ0n) is 13.4. The lowest BCUT2D eigenvalue weighted by molar-refractivity contribution is 0.0453. The van der Waals surface area contributed by atoms with Crippen molar-refractivity contribution in [1.29, 1.82) is 0 Å². The summed E-state index contributed by atoms with van der Waals surface area (Å²) in [7, 11) is 1.79. The fourth-order valence-corrected chi connectivity index (χ4v) is 4.22. The van der Waals surface area contributed by atoms with Gasteiger partial charge in [0.1, 0.15) is 6.61 Å². The Balaban J connectivity index is 1.96. The SMILES string of the molecule is CC1(C)CCN(C(=O)OCc2ccccc2)CC1CS(=O)(=O)Cl. The van der Waals surface area contributed by atoms with Crippen LogP contribution < -0.4 is 0 Å². The fraction of sp³-hybridized carbons (Fsp3) is 0.562. The topological polar surface area (TPSA) is 63.7 Å². The van der Waals surface area contributed by atoms with Crippen LogP contribution >= 0.6 is 10.7 Å². The van der Waals surface area contributed by atoms with Crippen LogP contribution in [0.2, 0.25) is 0 Å². The van der Waals surface area contributed by atoms with Gasteiger partial charge in [0.25, 0.3) is 0 Å². The highest BCUT2D eigenvalue weighted by atomic mass is 35.7. The molecule has 1 aliphatic rings. The summed E-state index contributed by atoms with van der Waals surface area (Å²) in [5.74, 6) is -0.340. The molecule has 1 aliphatic heterocycles. The summed E-state index contributed by atoms with van der Waals surface area (Å²) in [6.45, 7) is 5.11. The minimum atomic E-state index is -3.61. The van der Waals surface area contributed by atoms with Crippen molar-refractivity contribution < 1.29 is 17.9 Å². The van der Waals surface area contributed by atoms with Crippen molar-refractivity contribution in [3.05, 3.63) is 35.9 Å². The number of halogens is 1. The van der Waals surface area contributed by atoms with Crippen LogP contribution in [0.15, 0.2) is 30.3 Å². The van der Waals surface area contributed by atoms with Crippen molar-refractivity contribution in [3.63, 3.8) is 0 Å². The molecule has 128 valence electrons. The Labute approximate surface area is 142 Å². The largest absolute Gasteiger partial charge is 0.445 e. The molecule has 1 atom stereocenters. The molecule has 1 fully saturated rings. The van der Waals surface area contributed by atoms with E-state index in [0.29, 0.717) is 19.5 Å². The number of likely N-dealkylation sites (tertiary alicyclic amines) is 1. The highest BCUT2D eigenvalue weighted by Gasteiger charge is 2.39. The van der Waals surface area contributed by atoms with Crippen LogP contribution in [0.4, 0.5) is 4.79 Å².